The van der Waals surface area contributed by atoms with E-state index in [9.17, 15) is 0 Å². The summed E-state index contributed by atoms with van der Waals surface area (Å²) in [5.74, 6) is -0.784. The molecule has 4 heteroatoms. The van der Waals surface area contributed by atoms with Gasteiger partial charge in [0, 0.05) is 0 Å². The van der Waals surface area contributed by atoms with Crippen LogP contribution in [0.2, 0.25) is 0 Å². The fraction of sp³-hybridized carbons (Fsp3) is 1.00. The lowest BCUT2D eigenvalue weighted by Gasteiger charge is -2.22. The number of aliphatic hydroxyl groups excluding tert-OH is 1. The van der Waals surface area contributed by atoms with Gasteiger partial charge in [0.1, 0.15) is 0 Å². The van der Waals surface area contributed by atoms with Crippen LogP contribution in [0.3, 0.4) is 0 Å². The first-order valence-electron chi connectivity index (χ1n) is 3.26. The standard InChI is InChI=1S/C6H12O4/c1-6(4-5(7)8)9-2-3-10-6/h5,7-8H,2-4H2,1H3. The molecule has 1 rings (SSSR count). The van der Waals surface area contributed by atoms with E-state index in [2.05, 4.69) is 0 Å². The van der Waals surface area contributed by atoms with Crippen LogP contribution in [0.15, 0.2) is 0 Å². The van der Waals surface area contributed by atoms with Gasteiger partial charge < -0.3 is 19.7 Å². The van der Waals surface area contributed by atoms with Crippen LogP contribution in [0.5, 0.6) is 0 Å². The van der Waals surface area contributed by atoms with Crippen LogP contribution in [0.1, 0.15) is 13.3 Å². The predicted octanol–water partition coefficient (Wildman–Crippen LogP) is -0.550. The van der Waals surface area contributed by atoms with Crippen molar-refractivity contribution in [3.8, 4) is 0 Å². The Morgan fingerprint density at radius 3 is 2.30 bits per heavy atom. The molecule has 1 aliphatic heterocycles. The van der Waals surface area contributed by atoms with Gasteiger partial charge in [-0.15, -0.1) is 0 Å². The fourth-order valence-corrected chi connectivity index (χ4v) is 1.01. The zero-order chi connectivity index (χ0) is 7.61. The Morgan fingerprint density at radius 2 is 1.90 bits per heavy atom. The molecule has 0 saturated carbocycles. The van der Waals surface area contributed by atoms with Gasteiger partial charge in [0.25, 0.3) is 0 Å². The van der Waals surface area contributed by atoms with Crippen LogP contribution >= 0.6 is 0 Å². The topological polar surface area (TPSA) is 58.9 Å². The summed E-state index contributed by atoms with van der Waals surface area (Å²) in [4.78, 5) is 0. The molecule has 0 amide bonds. The summed E-state index contributed by atoms with van der Waals surface area (Å²) < 4.78 is 10.2. The third-order valence-electron chi connectivity index (χ3n) is 1.45. The molecule has 60 valence electrons. The second-order valence-corrected chi connectivity index (χ2v) is 2.52. The molecule has 1 heterocycles. The van der Waals surface area contributed by atoms with E-state index in [1.54, 1.807) is 6.92 Å². The van der Waals surface area contributed by atoms with Crippen molar-refractivity contribution in [2.75, 3.05) is 13.2 Å². The third-order valence-corrected chi connectivity index (χ3v) is 1.45. The van der Waals surface area contributed by atoms with Gasteiger partial charge in [-0.1, -0.05) is 0 Å². The lowest BCUT2D eigenvalue weighted by atomic mass is 10.2. The molecule has 0 radical (unpaired) electrons. The van der Waals surface area contributed by atoms with Crippen LogP contribution in [0.4, 0.5) is 0 Å². The van der Waals surface area contributed by atoms with Crippen molar-refractivity contribution < 1.29 is 19.7 Å². The molecule has 0 spiro atoms. The van der Waals surface area contributed by atoms with Crippen molar-refractivity contribution in [1.82, 2.24) is 0 Å². The summed E-state index contributed by atoms with van der Waals surface area (Å²) in [7, 11) is 0. The van der Waals surface area contributed by atoms with Gasteiger partial charge in [-0.3, -0.25) is 0 Å². The molecule has 0 bridgehead atoms. The van der Waals surface area contributed by atoms with Crippen molar-refractivity contribution in [3.63, 3.8) is 0 Å². The lowest BCUT2D eigenvalue weighted by molar-refractivity contribution is -0.192. The maximum absolute atomic E-state index is 8.57. The molecule has 0 atom stereocenters. The Kier molecular flexibility index (Phi) is 2.25. The van der Waals surface area contributed by atoms with Crippen molar-refractivity contribution >= 4 is 0 Å². The number of hydrogen-bond acceptors (Lipinski definition) is 4. The Bertz CT molecular complexity index is 106. The molecular weight excluding hydrogens is 136 g/mol. The molecular formula is C6H12O4. The summed E-state index contributed by atoms with van der Waals surface area (Å²) in [5, 5.41) is 17.1. The number of ether oxygens (including phenoxy) is 2. The van der Waals surface area contributed by atoms with E-state index in [1.807, 2.05) is 0 Å². The zero-order valence-corrected chi connectivity index (χ0v) is 5.91. The van der Waals surface area contributed by atoms with E-state index in [0.717, 1.165) is 0 Å². The normalized spacial score (nSPS) is 24.0. The number of hydrogen-bond donors (Lipinski definition) is 2. The number of rotatable bonds is 2. The van der Waals surface area contributed by atoms with Crippen LogP contribution < -0.4 is 0 Å². The average Bonchev–Trinajstić information content (AvgIpc) is 2.12. The minimum absolute atomic E-state index is 0.104. The minimum atomic E-state index is -1.36. The van der Waals surface area contributed by atoms with Crippen LogP contribution in [-0.4, -0.2) is 35.5 Å². The molecule has 1 fully saturated rings. The largest absolute Gasteiger partial charge is 0.368 e. The SMILES string of the molecule is CC1(CC(O)O)OCCO1. The molecule has 0 aromatic carbocycles. The molecule has 0 aromatic rings. The highest BCUT2D eigenvalue weighted by atomic mass is 16.7. The van der Waals surface area contributed by atoms with Crippen molar-refractivity contribution in [2.45, 2.75) is 25.4 Å². The van der Waals surface area contributed by atoms with Crippen molar-refractivity contribution in [1.29, 1.82) is 0 Å². The highest BCUT2D eigenvalue weighted by Gasteiger charge is 2.32. The van der Waals surface area contributed by atoms with Crippen LogP contribution in [-0.2, 0) is 9.47 Å². The third kappa shape index (κ3) is 1.91. The van der Waals surface area contributed by atoms with E-state index < -0.39 is 12.1 Å². The molecule has 0 unspecified atom stereocenters. The van der Waals surface area contributed by atoms with E-state index in [-0.39, 0.29) is 6.42 Å². The van der Waals surface area contributed by atoms with E-state index in [4.69, 9.17) is 19.7 Å². The summed E-state index contributed by atoms with van der Waals surface area (Å²) in [6.45, 7) is 2.76. The molecule has 0 aromatic heterocycles. The first kappa shape index (κ1) is 7.94. The van der Waals surface area contributed by atoms with E-state index in [0.29, 0.717) is 13.2 Å². The van der Waals surface area contributed by atoms with Crippen LogP contribution in [0, 0.1) is 0 Å². The molecule has 1 aliphatic rings. The summed E-state index contributed by atoms with van der Waals surface area (Å²) in [5.41, 5.74) is 0. The number of aliphatic hydroxyl groups is 2. The summed E-state index contributed by atoms with van der Waals surface area (Å²) >= 11 is 0. The molecule has 0 aliphatic carbocycles. The molecule has 4 nitrogen and oxygen atoms in total. The minimum Gasteiger partial charge on any atom is -0.368 e. The Hall–Kier alpha value is -0.160. The summed E-state index contributed by atoms with van der Waals surface area (Å²) in [6.07, 6.45) is -1.25. The smallest absolute Gasteiger partial charge is 0.170 e. The highest BCUT2D eigenvalue weighted by Crippen LogP contribution is 2.23. The maximum Gasteiger partial charge on any atom is 0.170 e. The lowest BCUT2D eigenvalue weighted by Crippen LogP contribution is -2.30. The highest BCUT2D eigenvalue weighted by molar-refractivity contribution is 4.68. The van der Waals surface area contributed by atoms with Crippen molar-refractivity contribution in [2.24, 2.45) is 0 Å². The Morgan fingerprint density at radius 1 is 1.40 bits per heavy atom. The van der Waals surface area contributed by atoms with E-state index >= 15 is 0 Å². The second-order valence-electron chi connectivity index (χ2n) is 2.52. The average molecular weight is 148 g/mol. The van der Waals surface area contributed by atoms with Gasteiger partial charge in [0.15, 0.2) is 12.1 Å². The molecule has 2 N–H and O–H groups in total. The first-order chi connectivity index (χ1) is 4.62. The maximum atomic E-state index is 8.57. The fourth-order valence-electron chi connectivity index (χ4n) is 1.01. The second kappa shape index (κ2) is 2.84. The van der Waals surface area contributed by atoms with Gasteiger partial charge in [0.2, 0.25) is 0 Å². The Labute approximate surface area is 59.4 Å². The monoisotopic (exact) mass is 148 g/mol. The molecule has 10 heavy (non-hydrogen) atoms. The molecule has 1 saturated heterocycles. The van der Waals surface area contributed by atoms with Crippen molar-refractivity contribution in [3.05, 3.63) is 0 Å². The summed E-state index contributed by atoms with van der Waals surface area (Å²) in [6, 6.07) is 0. The Balaban J connectivity index is 2.36. The van der Waals surface area contributed by atoms with Crippen LogP contribution in [0.25, 0.3) is 0 Å². The van der Waals surface area contributed by atoms with Gasteiger partial charge in [-0.25, -0.2) is 0 Å². The van der Waals surface area contributed by atoms with E-state index in [1.165, 1.54) is 0 Å². The van der Waals surface area contributed by atoms with Gasteiger partial charge in [-0.2, -0.15) is 0 Å². The first-order valence-corrected chi connectivity index (χ1v) is 3.26. The van der Waals surface area contributed by atoms with Gasteiger partial charge in [-0.05, 0) is 6.92 Å². The zero-order valence-electron chi connectivity index (χ0n) is 5.91. The quantitative estimate of drug-likeness (QED) is 0.516. The van der Waals surface area contributed by atoms with Gasteiger partial charge >= 0.3 is 0 Å². The predicted molar refractivity (Wildman–Crippen MR) is 33.2 cm³/mol. The van der Waals surface area contributed by atoms with Gasteiger partial charge in [0.05, 0.1) is 19.6 Å².